The lowest BCUT2D eigenvalue weighted by atomic mass is 9.79. The summed E-state index contributed by atoms with van der Waals surface area (Å²) in [4.78, 5) is 14.8. The number of hydrogen-bond acceptors (Lipinski definition) is 3. The molecular weight excluding hydrogens is 348 g/mol. The van der Waals surface area contributed by atoms with E-state index in [1.165, 1.54) is 31.4 Å². The molecule has 5 nitrogen and oxygen atoms in total. The van der Waals surface area contributed by atoms with Gasteiger partial charge in [0.25, 0.3) is 0 Å². The van der Waals surface area contributed by atoms with Crippen LogP contribution in [0.25, 0.3) is 0 Å². The minimum absolute atomic E-state index is 0.0906. The smallest absolute Gasteiger partial charge is 0.238 e. The van der Waals surface area contributed by atoms with E-state index in [0.717, 1.165) is 37.2 Å². The molecule has 0 radical (unpaired) electrons. The Kier molecular flexibility index (Phi) is 7.24. The van der Waals surface area contributed by atoms with Crippen LogP contribution < -0.4 is 5.14 Å². The number of sulfonamides is 1. The molecule has 0 bridgehead atoms. The molecule has 2 rings (SSSR count). The summed E-state index contributed by atoms with van der Waals surface area (Å²) in [5.41, 5.74) is 0.907. The zero-order valence-corrected chi connectivity index (χ0v) is 17.0. The second-order valence-corrected chi connectivity index (χ2v) is 9.16. The predicted molar refractivity (Wildman–Crippen MR) is 104 cm³/mol. The van der Waals surface area contributed by atoms with E-state index in [2.05, 4.69) is 6.92 Å². The number of carbonyl (C=O) groups excluding carboxylic acids is 1. The van der Waals surface area contributed by atoms with Gasteiger partial charge in [0.05, 0.1) is 10.9 Å². The van der Waals surface area contributed by atoms with Crippen LogP contribution in [0.15, 0.2) is 29.2 Å². The highest BCUT2D eigenvalue weighted by Gasteiger charge is 2.30. The van der Waals surface area contributed by atoms with Crippen LogP contribution in [0, 0.1) is 11.8 Å². The molecule has 1 aromatic carbocycles. The van der Waals surface area contributed by atoms with Gasteiger partial charge in [0, 0.05) is 13.0 Å². The fraction of sp³-hybridized carbons (Fsp3) is 0.650. The molecule has 1 saturated carbocycles. The number of amides is 1. The summed E-state index contributed by atoms with van der Waals surface area (Å²) < 4.78 is 22.7. The third-order valence-electron chi connectivity index (χ3n) is 5.78. The number of carbonyl (C=O) groups is 1. The van der Waals surface area contributed by atoms with Gasteiger partial charge in [-0.25, -0.2) is 13.6 Å². The van der Waals surface area contributed by atoms with E-state index < -0.39 is 10.0 Å². The summed E-state index contributed by atoms with van der Waals surface area (Å²) in [6.07, 6.45) is 8.09. The molecule has 1 unspecified atom stereocenters. The standard InChI is InChI=1S/C20H32N2O3S/c1-4-5-6-16-7-9-18(10-8-16)20(23)22(3)15(2)17-11-13-19(14-12-17)26(21,24)25/h11-16,18H,4-10H2,1-3H3,(H2,21,24,25). The third kappa shape index (κ3) is 5.30. The summed E-state index contributed by atoms with van der Waals surface area (Å²) in [6, 6.07) is 6.36. The molecule has 1 aliphatic carbocycles. The van der Waals surface area contributed by atoms with Crippen LogP contribution >= 0.6 is 0 Å². The zero-order chi connectivity index (χ0) is 19.3. The Hall–Kier alpha value is -1.40. The Bertz CT molecular complexity index is 692. The second kappa shape index (κ2) is 9.00. The normalized spacial score (nSPS) is 22.0. The Morgan fingerprint density at radius 2 is 1.77 bits per heavy atom. The van der Waals surface area contributed by atoms with Crippen molar-refractivity contribution in [2.75, 3.05) is 7.05 Å². The quantitative estimate of drug-likeness (QED) is 0.780. The number of primary sulfonamides is 1. The average Bonchev–Trinajstić information content (AvgIpc) is 2.64. The van der Waals surface area contributed by atoms with Crippen molar-refractivity contribution in [2.24, 2.45) is 17.0 Å². The molecule has 0 heterocycles. The van der Waals surface area contributed by atoms with Crippen molar-refractivity contribution in [2.45, 2.75) is 69.7 Å². The molecule has 0 aliphatic heterocycles. The molecule has 0 spiro atoms. The molecule has 2 N–H and O–H groups in total. The van der Waals surface area contributed by atoms with Gasteiger partial charge in [-0.2, -0.15) is 0 Å². The lowest BCUT2D eigenvalue weighted by Crippen LogP contribution is -2.36. The highest BCUT2D eigenvalue weighted by molar-refractivity contribution is 7.89. The number of unbranched alkanes of at least 4 members (excludes halogenated alkanes) is 1. The first-order valence-electron chi connectivity index (χ1n) is 9.63. The van der Waals surface area contributed by atoms with Crippen LogP contribution in [0.4, 0.5) is 0 Å². The van der Waals surface area contributed by atoms with Crippen LogP contribution in [0.2, 0.25) is 0 Å². The molecule has 1 amide bonds. The van der Waals surface area contributed by atoms with E-state index in [0.29, 0.717) is 0 Å². The molecule has 0 saturated heterocycles. The Morgan fingerprint density at radius 3 is 2.27 bits per heavy atom. The lowest BCUT2D eigenvalue weighted by Gasteiger charge is -2.33. The number of nitrogens with zero attached hydrogens (tertiary/aromatic N) is 1. The van der Waals surface area contributed by atoms with Gasteiger partial charge in [-0.1, -0.05) is 38.3 Å². The topological polar surface area (TPSA) is 80.5 Å². The Labute approximate surface area is 158 Å². The lowest BCUT2D eigenvalue weighted by molar-refractivity contribution is -0.137. The van der Waals surface area contributed by atoms with Gasteiger partial charge >= 0.3 is 0 Å². The van der Waals surface area contributed by atoms with Crippen molar-refractivity contribution in [3.05, 3.63) is 29.8 Å². The summed E-state index contributed by atoms with van der Waals surface area (Å²) in [6.45, 7) is 4.19. The van der Waals surface area contributed by atoms with Crippen LogP contribution in [0.5, 0.6) is 0 Å². The Balaban J connectivity index is 1.95. The van der Waals surface area contributed by atoms with Gasteiger partial charge in [0.1, 0.15) is 0 Å². The largest absolute Gasteiger partial charge is 0.339 e. The minimum Gasteiger partial charge on any atom is -0.339 e. The zero-order valence-electron chi connectivity index (χ0n) is 16.1. The maximum absolute atomic E-state index is 12.9. The van der Waals surface area contributed by atoms with Gasteiger partial charge in [0.15, 0.2) is 0 Å². The van der Waals surface area contributed by atoms with Crippen molar-refractivity contribution < 1.29 is 13.2 Å². The maximum atomic E-state index is 12.9. The second-order valence-electron chi connectivity index (χ2n) is 7.60. The van der Waals surface area contributed by atoms with Gasteiger partial charge in [-0.3, -0.25) is 4.79 Å². The van der Waals surface area contributed by atoms with Gasteiger partial charge < -0.3 is 4.90 Å². The predicted octanol–water partition coefficient (Wildman–Crippen LogP) is 3.85. The first-order valence-corrected chi connectivity index (χ1v) is 11.2. The van der Waals surface area contributed by atoms with Gasteiger partial charge in [-0.15, -0.1) is 0 Å². The highest BCUT2D eigenvalue weighted by atomic mass is 32.2. The summed E-state index contributed by atoms with van der Waals surface area (Å²) in [5.74, 6) is 1.10. The molecule has 146 valence electrons. The van der Waals surface area contributed by atoms with Crippen LogP contribution in [0.1, 0.15) is 70.4 Å². The van der Waals surface area contributed by atoms with Gasteiger partial charge in [0.2, 0.25) is 15.9 Å². The number of hydrogen-bond donors (Lipinski definition) is 1. The maximum Gasteiger partial charge on any atom is 0.238 e. The first-order chi connectivity index (χ1) is 12.2. The SMILES string of the molecule is CCCCC1CCC(C(=O)N(C)C(C)c2ccc(S(N)(=O)=O)cc2)CC1. The van der Waals surface area contributed by atoms with E-state index >= 15 is 0 Å². The minimum atomic E-state index is -3.69. The molecule has 1 aliphatic rings. The summed E-state index contributed by atoms with van der Waals surface area (Å²) >= 11 is 0. The average molecular weight is 381 g/mol. The Morgan fingerprint density at radius 1 is 1.19 bits per heavy atom. The molecule has 26 heavy (non-hydrogen) atoms. The number of rotatable bonds is 7. The molecule has 1 atom stereocenters. The van der Waals surface area contributed by atoms with E-state index in [4.69, 9.17) is 5.14 Å². The summed E-state index contributed by atoms with van der Waals surface area (Å²) in [7, 11) is -1.85. The van der Waals surface area contributed by atoms with Crippen molar-refractivity contribution in [3.63, 3.8) is 0 Å². The van der Waals surface area contributed by atoms with Crippen molar-refractivity contribution in [3.8, 4) is 0 Å². The van der Waals surface area contributed by atoms with Gasteiger partial charge in [-0.05, 0) is 56.2 Å². The molecular formula is C20H32N2O3S. The monoisotopic (exact) mass is 380 g/mol. The van der Waals surface area contributed by atoms with Crippen LogP contribution in [-0.4, -0.2) is 26.3 Å². The third-order valence-corrected chi connectivity index (χ3v) is 6.71. The van der Waals surface area contributed by atoms with Crippen molar-refractivity contribution in [1.29, 1.82) is 0 Å². The molecule has 6 heteroatoms. The van der Waals surface area contributed by atoms with Crippen LogP contribution in [-0.2, 0) is 14.8 Å². The molecule has 0 aromatic heterocycles. The van der Waals surface area contributed by atoms with E-state index in [1.807, 2.05) is 14.0 Å². The first kappa shape index (κ1) is 20.9. The van der Waals surface area contributed by atoms with E-state index in [9.17, 15) is 13.2 Å². The van der Waals surface area contributed by atoms with Crippen LogP contribution in [0.3, 0.4) is 0 Å². The molecule has 1 fully saturated rings. The van der Waals surface area contributed by atoms with E-state index in [-0.39, 0.29) is 22.8 Å². The summed E-state index contributed by atoms with van der Waals surface area (Å²) in [5, 5.41) is 5.14. The van der Waals surface area contributed by atoms with E-state index in [1.54, 1.807) is 17.0 Å². The molecule has 1 aromatic rings. The number of nitrogens with two attached hydrogens (primary N) is 1. The highest BCUT2D eigenvalue weighted by Crippen LogP contribution is 2.34. The fourth-order valence-electron chi connectivity index (χ4n) is 3.83. The number of benzene rings is 1. The van der Waals surface area contributed by atoms with Crippen molar-refractivity contribution >= 4 is 15.9 Å². The van der Waals surface area contributed by atoms with Crippen molar-refractivity contribution in [1.82, 2.24) is 4.90 Å². The fourth-order valence-corrected chi connectivity index (χ4v) is 4.34.